The van der Waals surface area contributed by atoms with Gasteiger partial charge >= 0.3 is 6.03 Å². The molecule has 0 saturated carbocycles. The Morgan fingerprint density at radius 1 is 1.50 bits per heavy atom. The summed E-state index contributed by atoms with van der Waals surface area (Å²) < 4.78 is 0. The largest absolute Gasteiger partial charge is 0.329 e. The smallest absolute Gasteiger partial charge is 0.318 e. The number of carbonyl (C=O) groups excluding carboxylic acids is 1. The Labute approximate surface area is 108 Å². The first-order chi connectivity index (χ1) is 8.52. The second-order valence-corrected chi connectivity index (χ2v) is 5.10. The maximum Gasteiger partial charge on any atom is 0.318 e. The number of nitrogens with one attached hydrogen (secondary N) is 1. The fraction of sp³-hybridized carbons (Fsp3) is 0.500. The van der Waals surface area contributed by atoms with Gasteiger partial charge in [0.2, 0.25) is 0 Å². The van der Waals surface area contributed by atoms with E-state index in [0.29, 0.717) is 13.1 Å². The van der Waals surface area contributed by atoms with E-state index in [1.54, 1.807) is 0 Å². The lowest BCUT2D eigenvalue weighted by atomic mass is 9.99. The first-order valence-corrected chi connectivity index (χ1v) is 6.37. The van der Waals surface area contributed by atoms with Crippen LogP contribution in [0.3, 0.4) is 0 Å². The molecular weight excluding hydrogens is 226 g/mol. The standard InChI is InChI=1S/C14H21N3O/c1-9-4-5-12(10(2)6-9)13-8-17(11(3)7-15)14(18)16-13/h4-6,11,13H,7-8,15H2,1-3H3,(H,16,18). The van der Waals surface area contributed by atoms with E-state index in [9.17, 15) is 4.79 Å². The highest BCUT2D eigenvalue weighted by Crippen LogP contribution is 2.25. The van der Waals surface area contributed by atoms with Crippen LogP contribution in [0.25, 0.3) is 0 Å². The Hall–Kier alpha value is -1.55. The molecule has 0 aliphatic carbocycles. The topological polar surface area (TPSA) is 58.4 Å². The minimum absolute atomic E-state index is 0.0158. The van der Waals surface area contributed by atoms with Crippen molar-refractivity contribution in [2.75, 3.05) is 13.1 Å². The molecule has 1 aliphatic rings. The van der Waals surface area contributed by atoms with Crippen LogP contribution in [-0.2, 0) is 0 Å². The van der Waals surface area contributed by atoms with E-state index in [1.165, 1.54) is 16.7 Å². The van der Waals surface area contributed by atoms with Crippen molar-refractivity contribution in [2.45, 2.75) is 32.9 Å². The van der Waals surface area contributed by atoms with E-state index in [1.807, 2.05) is 11.8 Å². The van der Waals surface area contributed by atoms with Crippen molar-refractivity contribution in [2.24, 2.45) is 5.73 Å². The molecule has 2 rings (SSSR count). The van der Waals surface area contributed by atoms with Crippen LogP contribution < -0.4 is 11.1 Å². The predicted octanol–water partition coefficient (Wildman–Crippen LogP) is 1.72. The van der Waals surface area contributed by atoms with Gasteiger partial charge in [0, 0.05) is 19.1 Å². The van der Waals surface area contributed by atoms with Crippen LogP contribution in [0.5, 0.6) is 0 Å². The molecule has 1 saturated heterocycles. The summed E-state index contributed by atoms with van der Waals surface area (Å²) in [6, 6.07) is 6.48. The Bertz CT molecular complexity index is 458. The van der Waals surface area contributed by atoms with E-state index < -0.39 is 0 Å². The molecule has 18 heavy (non-hydrogen) atoms. The van der Waals surface area contributed by atoms with Gasteiger partial charge in [-0.3, -0.25) is 0 Å². The number of amides is 2. The van der Waals surface area contributed by atoms with Gasteiger partial charge in [0.05, 0.1) is 6.04 Å². The normalized spacial score (nSPS) is 21.0. The van der Waals surface area contributed by atoms with Crippen LogP contribution in [0.2, 0.25) is 0 Å². The molecule has 4 nitrogen and oxygen atoms in total. The van der Waals surface area contributed by atoms with Crippen LogP contribution in [-0.4, -0.2) is 30.1 Å². The summed E-state index contributed by atoms with van der Waals surface area (Å²) in [4.78, 5) is 13.7. The molecule has 0 radical (unpaired) electrons. The van der Waals surface area contributed by atoms with Gasteiger partial charge in [-0.1, -0.05) is 23.8 Å². The molecule has 2 unspecified atom stereocenters. The van der Waals surface area contributed by atoms with Gasteiger partial charge in [-0.25, -0.2) is 4.79 Å². The minimum atomic E-state index is -0.0158. The third kappa shape index (κ3) is 2.34. The van der Waals surface area contributed by atoms with E-state index in [-0.39, 0.29) is 18.1 Å². The van der Waals surface area contributed by atoms with Gasteiger partial charge in [-0.2, -0.15) is 0 Å². The molecule has 2 atom stereocenters. The fourth-order valence-electron chi connectivity index (χ4n) is 2.46. The molecule has 1 aromatic rings. The Kier molecular flexibility index (Phi) is 3.57. The molecule has 1 aromatic carbocycles. The maximum atomic E-state index is 11.9. The number of rotatable bonds is 3. The predicted molar refractivity (Wildman–Crippen MR) is 72.4 cm³/mol. The molecule has 1 heterocycles. The van der Waals surface area contributed by atoms with Crippen molar-refractivity contribution in [3.8, 4) is 0 Å². The Morgan fingerprint density at radius 2 is 2.22 bits per heavy atom. The van der Waals surface area contributed by atoms with Gasteiger partial charge in [-0.15, -0.1) is 0 Å². The van der Waals surface area contributed by atoms with Crippen LogP contribution in [0, 0.1) is 13.8 Å². The van der Waals surface area contributed by atoms with E-state index in [0.717, 1.165) is 0 Å². The van der Waals surface area contributed by atoms with E-state index in [2.05, 4.69) is 37.4 Å². The molecule has 1 aliphatic heterocycles. The number of hydrogen-bond acceptors (Lipinski definition) is 2. The number of carbonyl (C=O) groups is 1. The number of benzene rings is 1. The van der Waals surface area contributed by atoms with E-state index in [4.69, 9.17) is 5.73 Å². The molecule has 0 aromatic heterocycles. The second-order valence-electron chi connectivity index (χ2n) is 5.10. The average Bonchev–Trinajstić information content (AvgIpc) is 2.70. The van der Waals surface area contributed by atoms with E-state index >= 15 is 0 Å². The lowest BCUT2D eigenvalue weighted by Gasteiger charge is -2.21. The molecule has 0 bridgehead atoms. The average molecular weight is 247 g/mol. The molecule has 4 heteroatoms. The quantitative estimate of drug-likeness (QED) is 0.854. The summed E-state index contributed by atoms with van der Waals surface area (Å²) in [7, 11) is 0. The molecule has 0 spiro atoms. The number of hydrogen-bond donors (Lipinski definition) is 2. The Balaban J connectivity index is 2.19. The van der Waals surface area contributed by atoms with Crippen molar-refractivity contribution >= 4 is 6.03 Å². The summed E-state index contributed by atoms with van der Waals surface area (Å²) in [5.41, 5.74) is 9.29. The van der Waals surface area contributed by atoms with Crippen LogP contribution in [0.4, 0.5) is 4.79 Å². The van der Waals surface area contributed by atoms with Crippen molar-refractivity contribution in [3.05, 3.63) is 34.9 Å². The van der Waals surface area contributed by atoms with Gasteiger partial charge in [0.1, 0.15) is 0 Å². The zero-order chi connectivity index (χ0) is 13.3. The lowest BCUT2D eigenvalue weighted by molar-refractivity contribution is 0.203. The highest BCUT2D eigenvalue weighted by molar-refractivity contribution is 5.77. The highest BCUT2D eigenvalue weighted by atomic mass is 16.2. The minimum Gasteiger partial charge on any atom is -0.329 e. The Morgan fingerprint density at radius 3 is 2.83 bits per heavy atom. The van der Waals surface area contributed by atoms with Gasteiger partial charge < -0.3 is 16.0 Å². The van der Waals surface area contributed by atoms with Crippen LogP contribution in [0.1, 0.15) is 29.7 Å². The summed E-state index contributed by atoms with van der Waals surface area (Å²) in [5, 5.41) is 3.03. The molecule has 1 fully saturated rings. The third-order valence-electron chi connectivity index (χ3n) is 3.61. The van der Waals surface area contributed by atoms with Crippen LogP contribution >= 0.6 is 0 Å². The summed E-state index contributed by atoms with van der Waals surface area (Å²) in [6.07, 6.45) is 0. The first kappa shape index (κ1) is 12.9. The van der Waals surface area contributed by atoms with Gasteiger partial charge in [0.25, 0.3) is 0 Å². The van der Waals surface area contributed by atoms with Crippen LogP contribution in [0.15, 0.2) is 18.2 Å². The number of aryl methyl sites for hydroxylation is 2. The summed E-state index contributed by atoms with van der Waals surface area (Å²) in [6.45, 7) is 7.33. The lowest BCUT2D eigenvalue weighted by Crippen LogP contribution is -2.40. The van der Waals surface area contributed by atoms with Crippen molar-refractivity contribution < 1.29 is 4.79 Å². The zero-order valence-corrected chi connectivity index (χ0v) is 11.2. The monoisotopic (exact) mass is 247 g/mol. The number of nitrogens with two attached hydrogens (primary N) is 1. The summed E-state index contributed by atoms with van der Waals surface area (Å²) in [5.74, 6) is 0. The molecule has 98 valence electrons. The van der Waals surface area contributed by atoms with Crippen molar-refractivity contribution in [1.29, 1.82) is 0 Å². The molecule has 2 amide bonds. The van der Waals surface area contributed by atoms with Crippen molar-refractivity contribution in [1.82, 2.24) is 10.2 Å². The van der Waals surface area contributed by atoms with Crippen molar-refractivity contribution in [3.63, 3.8) is 0 Å². The van der Waals surface area contributed by atoms with Gasteiger partial charge in [0.15, 0.2) is 0 Å². The number of urea groups is 1. The van der Waals surface area contributed by atoms with Gasteiger partial charge in [-0.05, 0) is 31.9 Å². The fourth-order valence-corrected chi connectivity index (χ4v) is 2.46. The highest BCUT2D eigenvalue weighted by Gasteiger charge is 2.32. The molecular formula is C14H21N3O. The summed E-state index contributed by atoms with van der Waals surface area (Å²) >= 11 is 0. The second kappa shape index (κ2) is 4.98. The number of nitrogens with zero attached hydrogens (tertiary/aromatic N) is 1. The third-order valence-corrected chi connectivity index (χ3v) is 3.61. The SMILES string of the molecule is Cc1ccc(C2CN(C(C)CN)C(=O)N2)c(C)c1. The first-order valence-electron chi connectivity index (χ1n) is 6.37. The zero-order valence-electron chi connectivity index (χ0n) is 11.2. The molecule has 3 N–H and O–H groups in total. The maximum absolute atomic E-state index is 11.9.